The normalized spacial score (nSPS) is 10.4. The minimum Gasteiger partial charge on any atom is -0.476 e. The molecule has 6 nitrogen and oxygen atoms in total. The van der Waals surface area contributed by atoms with Gasteiger partial charge in [0.2, 0.25) is 5.88 Å². The zero-order chi connectivity index (χ0) is 12.8. The second-order valence-corrected chi connectivity index (χ2v) is 4.20. The molecule has 1 N–H and O–H groups in total. The van der Waals surface area contributed by atoms with Crippen molar-refractivity contribution >= 4 is 28.6 Å². The summed E-state index contributed by atoms with van der Waals surface area (Å²) in [6.07, 6.45) is 0. The number of carbonyl (C=O) groups excluding carboxylic acids is 1. The molecule has 1 rings (SSSR count). The molecule has 17 heavy (non-hydrogen) atoms. The Morgan fingerprint density at radius 3 is 2.71 bits per heavy atom. The van der Waals surface area contributed by atoms with Crippen molar-refractivity contribution < 1.29 is 19.4 Å². The molecule has 0 atom stereocenters. The number of aliphatic hydroxyl groups is 1. The summed E-state index contributed by atoms with van der Waals surface area (Å²) >= 11 is 2.03. The largest absolute Gasteiger partial charge is 0.476 e. The second kappa shape index (κ2) is 6.80. The van der Waals surface area contributed by atoms with Crippen molar-refractivity contribution in [3.8, 4) is 5.88 Å². The lowest BCUT2D eigenvalue weighted by molar-refractivity contribution is -0.144. The first-order valence-electron chi connectivity index (χ1n) is 5.28. The van der Waals surface area contributed by atoms with E-state index in [2.05, 4.69) is 5.10 Å². The van der Waals surface area contributed by atoms with E-state index in [0.29, 0.717) is 24.8 Å². The molecule has 0 spiro atoms. The molecule has 0 aliphatic rings. The first-order valence-corrected chi connectivity index (χ1v) is 6.36. The van der Waals surface area contributed by atoms with Crippen LogP contribution in [0.1, 0.15) is 19.5 Å². The van der Waals surface area contributed by atoms with Crippen molar-refractivity contribution in [1.82, 2.24) is 9.78 Å². The molecule has 0 amide bonds. The molecule has 0 saturated carbocycles. The van der Waals surface area contributed by atoms with E-state index >= 15 is 0 Å². The Morgan fingerprint density at radius 2 is 2.18 bits per heavy atom. The Hall–Kier alpha value is -0.830. The first kappa shape index (κ1) is 14.2. The summed E-state index contributed by atoms with van der Waals surface area (Å²) in [7, 11) is 0. The van der Waals surface area contributed by atoms with Crippen LogP contribution >= 0.6 is 22.6 Å². The maximum absolute atomic E-state index is 11.4. The van der Waals surface area contributed by atoms with Crippen LogP contribution in [0.2, 0.25) is 0 Å². The highest BCUT2D eigenvalue weighted by Crippen LogP contribution is 2.23. The van der Waals surface area contributed by atoms with Gasteiger partial charge in [-0.1, -0.05) is 0 Å². The Labute approximate surface area is 113 Å². The SMILES string of the molecule is CCOC(=O)Cn1nc(OCC)c(I)c1CO. The van der Waals surface area contributed by atoms with E-state index in [-0.39, 0.29) is 19.1 Å². The van der Waals surface area contributed by atoms with Crippen molar-refractivity contribution in [2.24, 2.45) is 0 Å². The van der Waals surface area contributed by atoms with Crippen LogP contribution in [0.25, 0.3) is 0 Å². The highest BCUT2D eigenvalue weighted by molar-refractivity contribution is 14.1. The van der Waals surface area contributed by atoms with Crippen LogP contribution in [0.4, 0.5) is 0 Å². The van der Waals surface area contributed by atoms with Crippen LogP contribution in [0.3, 0.4) is 0 Å². The fraction of sp³-hybridized carbons (Fsp3) is 0.600. The van der Waals surface area contributed by atoms with Gasteiger partial charge in [0.25, 0.3) is 0 Å². The summed E-state index contributed by atoms with van der Waals surface area (Å²) in [5, 5.41) is 13.4. The van der Waals surface area contributed by atoms with Crippen molar-refractivity contribution in [1.29, 1.82) is 0 Å². The number of halogens is 1. The lowest BCUT2D eigenvalue weighted by Crippen LogP contribution is -2.16. The van der Waals surface area contributed by atoms with Gasteiger partial charge >= 0.3 is 5.97 Å². The molecule has 0 bridgehead atoms. The molecule has 0 radical (unpaired) electrons. The van der Waals surface area contributed by atoms with Gasteiger partial charge in [0.05, 0.1) is 25.5 Å². The summed E-state index contributed by atoms with van der Waals surface area (Å²) in [5.41, 5.74) is 0.558. The van der Waals surface area contributed by atoms with E-state index in [1.54, 1.807) is 6.92 Å². The monoisotopic (exact) mass is 354 g/mol. The van der Waals surface area contributed by atoms with Crippen LogP contribution in [0.15, 0.2) is 0 Å². The number of carbonyl (C=O) groups is 1. The molecule has 1 aromatic heterocycles. The zero-order valence-electron chi connectivity index (χ0n) is 9.77. The highest BCUT2D eigenvalue weighted by Gasteiger charge is 2.18. The number of aromatic nitrogens is 2. The van der Waals surface area contributed by atoms with E-state index in [1.807, 2.05) is 29.5 Å². The second-order valence-electron chi connectivity index (χ2n) is 3.12. The van der Waals surface area contributed by atoms with Gasteiger partial charge in [-0.25, -0.2) is 0 Å². The third-order valence-corrected chi connectivity index (χ3v) is 3.06. The molecular formula is C10H15IN2O4. The quantitative estimate of drug-likeness (QED) is 0.608. The fourth-order valence-corrected chi connectivity index (χ4v) is 2.00. The average Bonchev–Trinajstić information content (AvgIpc) is 2.56. The lowest BCUT2D eigenvalue weighted by Gasteiger charge is -2.04. The summed E-state index contributed by atoms with van der Waals surface area (Å²) in [6.45, 7) is 4.17. The van der Waals surface area contributed by atoms with Gasteiger partial charge in [-0.3, -0.25) is 9.48 Å². The minimum atomic E-state index is -0.385. The van der Waals surface area contributed by atoms with Crippen LogP contribution in [-0.4, -0.2) is 34.1 Å². The number of hydrogen-bond donors (Lipinski definition) is 1. The topological polar surface area (TPSA) is 73.6 Å². The minimum absolute atomic E-state index is 0.0210. The molecule has 0 aliphatic carbocycles. The van der Waals surface area contributed by atoms with Crippen molar-refractivity contribution in [2.75, 3.05) is 13.2 Å². The zero-order valence-corrected chi connectivity index (χ0v) is 11.9. The standard InChI is InChI=1S/C10H15IN2O4/c1-3-16-8(15)5-13-7(6-14)9(11)10(12-13)17-4-2/h14H,3-6H2,1-2H3. The first-order chi connectivity index (χ1) is 8.13. The van der Waals surface area contributed by atoms with E-state index in [0.717, 1.165) is 3.57 Å². The van der Waals surface area contributed by atoms with Gasteiger partial charge < -0.3 is 14.6 Å². The molecule has 0 unspecified atom stereocenters. The van der Waals surface area contributed by atoms with E-state index < -0.39 is 0 Å². The van der Waals surface area contributed by atoms with Crippen molar-refractivity contribution in [3.05, 3.63) is 9.26 Å². The Bertz CT molecular complexity index is 392. The van der Waals surface area contributed by atoms with E-state index in [9.17, 15) is 9.90 Å². The van der Waals surface area contributed by atoms with Gasteiger partial charge in [-0.2, -0.15) is 0 Å². The Morgan fingerprint density at radius 1 is 1.47 bits per heavy atom. The van der Waals surface area contributed by atoms with Crippen LogP contribution in [-0.2, 0) is 22.7 Å². The average molecular weight is 354 g/mol. The molecule has 1 aromatic rings. The number of nitrogens with zero attached hydrogens (tertiary/aromatic N) is 2. The highest BCUT2D eigenvalue weighted by atomic mass is 127. The van der Waals surface area contributed by atoms with Gasteiger partial charge in [0, 0.05) is 0 Å². The summed E-state index contributed by atoms with van der Waals surface area (Å²) in [6, 6.07) is 0. The number of rotatable bonds is 6. The summed E-state index contributed by atoms with van der Waals surface area (Å²) in [5.74, 6) is 0.0468. The number of ether oxygens (including phenoxy) is 2. The third kappa shape index (κ3) is 3.56. The molecule has 0 fully saturated rings. The lowest BCUT2D eigenvalue weighted by atomic mass is 10.4. The maximum atomic E-state index is 11.4. The number of aliphatic hydroxyl groups excluding tert-OH is 1. The fourth-order valence-electron chi connectivity index (χ4n) is 1.29. The molecule has 0 aliphatic heterocycles. The predicted molar refractivity (Wildman–Crippen MR) is 68.7 cm³/mol. The summed E-state index contributed by atoms with van der Waals surface area (Å²) in [4.78, 5) is 11.4. The van der Waals surface area contributed by atoms with Crippen LogP contribution < -0.4 is 4.74 Å². The van der Waals surface area contributed by atoms with Gasteiger partial charge in [-0.15, -0.1) is 5.10 Å². The van der Waals surface area contributed by atoms with Gasteiger partial charge in [0.1, 0.15) is 10.1 Å². The molecule has 1 heterocycles. The molecule has 7 heteroatoms. The van der Waals surface area contributed by atoms with Gasteiger partial charge in [-0.05, 0) is 36.4 Å². The van der Waals surface area contributed by atoms with E-state index in [4.69, 9.17) is 9.47 Å². The Balaban J connectivity index is 2.90. The molecule has 96 valence electrons. The van der Waals surface area contributed by atoms with Crippen LogP contribution in [0.5, 0.6) is 5.88 Å². The molecule has 0 aromatic carbocycles. The maximum Gasteiger partial charge on any atom is 0.327 e. The molecular weight excluding hydrogens is 339 g/mol. The smallest absolute Gasteiger partial charge is 0.327 e. The predicted octanol–water partition coefficient (Wildman–Crippen LogP) is 0.942. The number of hydrogen-bond acceptors (Lipinski definition) is 5. The van der Waals surface area contributed by atoms with Crippen molar-refractivity contribution in [3.63, 3.8) is 0 Å². The Kier molecular flexibility index (Phi) is 5.69. The third-order valence-electron chi connectivity index (χ3n) is 1.98. The van der Waals surface area contributed by atoms with Crippen molar-refractivity contribution in [2.45, 2.75) is 27.0 Å². The van der Waals surface area contributed by atoms with Crippen LogP contribution in [0, 0.1) is 3.57 Å². The van der Waals surface area contributed by atoms with Gasteiger partial charge in [0.15, 0.2) is 0 Å². The number of esters is 1. The van der Waals surface area contributed by atoms with E-state index in [1.165, 1.54) is 4.68 Å². The molecule has 0 saturated heterocycles. The summed E-state index contributed by atoms with van der Waals surface area (Å²) < 4.78 is 12.3.